The maximum Gasteiger partial charge on any atom is 0.255 e. The number of carbonyl (C=O) groups is 2. The molecule has 3 rings (SSSR count). The van der Waals surface area contributed by atoms with E-state index in [1.54, 1.807) is 6.92 Å². The van der Waals surface area contributed by atoms with E-state index < -0.39 is 21.8 Å². The molecule has 0 aromatic heterocycles. The van der Waals surface area contributed by atoms with Crippen molar-refractivity contribution < 1.29 is 18.0 Å². The maximum absolute atomic E-state index is 12.4. The van der Waals surface area contributed by atoms with Gasteiger partial charge in [-0.2, -0.15) is 0 Å². The Balaban J connectivity index is 1.81. The predicted molar refractivity (Wildman–Crippen MR) is 101 cm³/mol. The zero-order chi connectivity index (χ0) is 19.1. The molecule has 0 radical (unpaired) electrons. The Hall–Kier alpha value is -2.67. The van der Waals surface area contributed by atoms with Crippen molar-refractivity contribution in [3.63, 3.8) is 0 Å². The second kappa shape index (κ2) is 6.57. The van der Waals surface area contributed by atoms with Crippen molar-refractivity contribution in [1.29, 1.82) is 0 Å². The topological polar surface area (TPSA) is 83.6 Å². The van der Waals surface area contributed by atoms with E-state index in [2.05, 4.69) is 5.32 Å². The molecule has 1 aliphatic heterocycles. The Kier molecular flexibility index (Phi) is 4.58. The number of carbonyl (C=O) groups excluding carboxylic acids is 2. The molecule has 0 unspecified atom stereocenters. The van der Waals surface area contributed by atoms with Gasteiger partial charge in [-0.3, -0.25) is 9.59 Å². The van der Waals surface area contributed by atoms with Crippen molar-refractivity contribution >= 4 is 33.2 Å². The van der Waals surface area contributed by atoms with Crippen LogP contribution in [0.1, 0.15) is 28.4 Å². The van der Waals surface area contributed by atoms with Gasteiger partial charge in [-0.15, -0.1) is 0 Å². The predicted octanol–water partition coefficient (Wildman–Crippen LogP) is 2.87. The number of hydrogen-bond donors (Lipinski definition) is 1. The fourth-order valence-corrected chi connectivity index (χ4v) is 4.91. The van der Waals surface area contributed by atoms with Crippen molar-refractivity contribution in [2.24, 2.45) is 5.92 Å². The van der Waals surface area contributed by atoms with Crippen LogP contribution in [0.25, 0.3) is 0 Å². The second-order valence-corrected chi connectivity index (χ2v) is 8.52. The highest BCUT2D eigenvalue weighted by Crippen LogP contribution is 2.28. The average Bonchev–Trinajstić information content (AvgIpc) is 2.74. The lowest BCUT2D eigenvalue weighted by molar-refractivity contribution is -0.119. The third kappa shape index (κ3) is 3.48. The van der Waals surface area contributed by atoms with Gasteiger partial charge in [0.05, 0.1) is 17.4 Å². The van der Waals surface area contributed by atoms with Crippen LogP contribution < -0.4 is 9.62 Å². The largest absolute Gasteiger partial charge is 0.322 e. The highest BCUT2D eigenvalue weighted by Gasteiger charge is 2.41. The maximum atomic E-state index is 12.4. The molecule has 0 bridgehead atoms. The van der Waals surface area contributed by atoms with Crippen LogP contribution in [0.15, 0.2) is 42.5 Å². The van der Waals surface area contributed by atoms with Crippen molar-refractivity contribution in [3.05, 3.63) is 59.2 Å². The summed E-state index contributed by atoms with van der Waals surface area (Å²) < 4.78 is 25.1. The number of amides is 2. The first kappa shape index (κ1) is 18.1. The van der Waals surface area contributed by atoms with Crippen LogP contribution >= 0.6 is 0 Å². The Morgan fingerprint density at radius 1 is 1.08 bits per heavy atom. The van der Waals surface area contributed by atoms with Gasteiger partial charge in [-0.1, -0.05) is 13.0 Å². The molecule has 0 spiro atoms. The van der Waals surface area contributed by atoms with E-state index in [1.807, 2.05) is 32.0 Å². The average molecular weight is 372 g/mol. The summed E-state index contributed by atoms with van der Waals surface area (Å²) in [7, 11) is -3.65. The molecule has 2 aromatic carbocycles. The molecule has 1 N–H and O–H groups in total. The molecule has 1 aliphatic rings. The number of sulfonamides is 1. The Labute approximate surface area is 152 Å². The normalized spacial score (nSPS) is 18.8. The Bertz CT molecular complexity index is 961. The first-order valence-corrected chi connectivity index (χ1v) is 9.85. The summed E-state index contributed by atoms with van der Waals surface area (Å²) in [5, 5.41) is 2.82. The Morgan fingerprint density at radius 3 is 2.15 bits per heavy atom. The molecule has 1 fully saturated rings. The van der Waals surface area contributed by atoms with Gasteiger partial charge in [0.2, 0.25) is 15.9 Å². The summed E-state index contributed by atoms with van der Waals surface area (Å²) in [4.78, 5) is 24.5. The number of anilines is 2. The minimum atomic E-state index is -3.65. The summed E-state index contributed by atoms with van der Waals surface area (Å²) in [6.45, 7) is 5.49. The molecule has 1 atom stereocenters. The third-order valence-electron chi connectivity index (χ3n) is 4.20. The van der Waals surface area contributed by atoms with Crippen molar-refractivity contribution in [2.75, 3.05) is 15.4 Å². The molecule has 2 aromatic rings. The number of nitrogens with zero attached hydrogens (tertiary/aromatic N) is 1. The zero-order valence-electron chi connectivity index (χ0n) is 14.8. The molecule has 26 heavy (non-hydrogen) atoms. The lowest BCUT2D eigenvalue weighted by atomic mass is 10.1. The van der Waals surface area contributed by atoms with E-state index >= 15 is 0 Å². The molecule has 0 saturated carbocycles. The molecular weight excluding hydrogens is 352 g/mol. The van der Waals surface area contributed by atoms with E-state index in [0.29, 0.717) is 11.3 Å². The van der Waals surface area contributed by atoms with Gasteiger partial charge in [0, 0.05) is 11.3 Å². The lowest BCUT2D eigenvalue weighted by Crippen LogP contribution is -2.30. The van der Waals surface area contributed by atoms with Gasteiger partial charge < -0.3 is 5.32 Å². The van der Waals surface area contributed by atoms with Crippen molar-refractivity contribution in [3.8, 4) is 0 Å². The van der Waals surface area contributed by atoms with Crippen LogP contribution in [0.4, 0.5) is 11.4 Å². The highest BCUT2D eigenvalue weighted by molar-refractivity contribution is 7.94. The monoisotopic (exact) mass is 372 g/mol. The summed E-state index contributed by atoms with van der Waals surface area (Å²) >= 11 is 0. The summed E-state index contributed by atoms with van der Waals surface area (Å²) in [6, 6.07) is 11.7. The number of aryl methyl sites for hydroxylation is 2. The highest BCUT2D eigenvalue weighted by atomic mass is 32.2. The summed E-state index contributed by atoms with van der Waals surface area (Å²) in [6.07, 6.45) is 0. The van der Waals surface area contributed by atoms with E-state index in [4.69, 9.17) is 0 Å². The minimum Gasteiger partial charge on any atom is -0.322 e. The molecule has 6 nitrogen and oxygen atoms in total. The van der Waals surface area contributed by atoms with Gasteiger partial charge in [-0.05, 0) is 61.4 Å². The van der Waals surface area contributed by atoms with Gasteiger partial charge in [0.15, 0.2) is 0 Å². The quantitative estimate of drug-likeness (QED) is 0.898. The number of hydrogen-bond acceptors (Lipinski definition) is 4. The molecule has 0 aliphatic carbocycles. The van der Waals surface area contributed by atoms with Crippen LogP contribution in [0.2, 0.25) is 0 Å². The van der Waals surface area contributed by atoms with E-state index in [0.717, 1.165) is 15.4 Å². The van der Waals surface area contributed by atoms with E-state index in [9.17, 15) is 18.0 Å². The van der Waals surface area contributed by atoms with Crippen molar-refractivity contribution in [2.45, 2.75) is 20.8 Å². The van der Waals surface area contributed by atoms with Gasteiger partial charge in [-0.25, -0.2) is 12.7 Å². The van der Waals surface area contributed by atoms with Crippen LogP contribution in [-0.2, 0) is 14.8 Å². The molecular formula is C19H20N2O4S. The Morgan fingerprint density at radius 2 is 1.65 bits per heavy atom. The number of rotatable bonds is 3. The van der Waals surface area contributed by atoms with Crippen LogP contribution in [0.5, 0.6) is 0 Å². The van der Waals surface area contributed by atoms with Gasteiger partial charge in [0.25, 0.3) is 5.91 Å². The zero-order valence-corrected chi connectivity index (χ0v) is 15.6. The van der Waals surface area contributed by atoms with Crippen LogP contribution in [-0.4, -0.2) is 26.0 Å². The lowest BCUT2D eigenvalue weighted by Gasteiger charge is -2.15. The number of benzene rings is 2. The van der Waals surface area contributed by atoms with E-state index in [-0.39, 0.29) is 17.3 Å². The standard InChI is InChI=1S/C19H20N2O4S/c1-12-8-13(2)10-16(9-12)20-18(22)15-4-6-17(7-5-15)21-19(23)14(3)11-26(21,24)25/h4-10,14H,11H2,1-3H3,(H,20,22)/t14-/m0/s1. The summed E-state index contributed by atoms with van der Waals surface area (Å²) in [5.41, 5.74) is 3.42. The second-order valence-electron chi connectivity index (χ2n) is 6.66. The first-order valence-electron chi connectivity index (χ1n) is 8.24. The SMILES string of the molecule is Cc1cc(C)cc(NC(=O)c2ccc(N3C(=O)[C@@H](C)CS3(=O)=O)cc2)c1. The third-order valence-corrected chi connectivity index (χ3v) is 6.07. The molecule has 1 heterocycles. The van der Waals surface area contributed by atoms with Crippen LogP contribution in [0, 0.1) is 19.8 Å². The smallest absolute Gasteiger partial charge is 0.255 e. The minimum absolute atomic E-state index is 0.194. The molecule has 7 heteroatoms. The molecule has 136 valence electrons. The summed E-state index contributed by atoms with van der Waals surface area (Å²) in [5.74, 6) is -1.50. The molecule has 2 amide bonds. The van der Waals surface area contributed by atoms with Crippen molar-refractivity contribution in [1.82, 2.24) is 0 Å². The van der Waals surface area contributed by atoms with Gasteiger partial charge >= 0.3 is 0 Å². The first-order chi connectivity index (χ1) is 12.2. The molecule has 1 saturated heterocycles. The number of nitrogens with one attached hydrogen (secondary N) is 1. The van der Waals surface area contributed by atoms with Crippen LogP contribution in [0.3, 0.4) is 0 Å². The fraction of sp³-hybridized carbons (Fsp3) is 0.263. The van der Waals surface area contributed by atoms with E-state index in [1.165, 1.54) is 24.3 Å². The fourth-order valence-electron chi connectivity index (χ4n) is 3.09. The van der Waals surface area contributed by atoms with Gasteiger partial charge in [0.1, 0.15) is 0 Å².